The third-order valence-electron chi connectivity index (χ3n) is 12.8. The minimum absolute atomic E-state index is 0.0296. The van der Waals surface area contributed by atoms with E-state index < -0.39 is 12.1 Å². The van der Waals surface area contributed by atoms with Crippen molar-refractivity contribution in [3.05, 3.63) is 48.6 Å². The number of unbranched alkanes of at least 4 members (excludes halogenated alkanes) is 35. The summed E-state index contributed by atoms with van der Waals surface area (Å²) in [6.07, 6.45) is 68.4. The second-order valence-corrected chi connectivity index (χ2v) is 19.3. The van der Waals surface area contributed by atoms with E-state index in [1.807, 2.05) is 6.08 Å². The van der Waals surface area contributed by atoms with Gasteiger partial charge in [-0.2, -0.15) is 0 Å². The van der Waals surface area contributed by atoms with Crippen LogP contribution >= 0.6 is 0 Å². The summed E-state index contributed by atoms with van der Waals surface area (Å²) < 4.78 is 5.44. The quantitative estimate of drug-likeness (QED) is 0.0321. The normalized spacial score (nSPS) is 13.0. The lowest BCUT2D eigenvalue weighted by atomic mass is 10.0. The fourth-order valence-electron chi connectivity index (χ4n) is 8.43. The van der Waals surface area contributed by atoms with Crippen LogP contribution in [0.25, 0.3) is 0 Å². The molecule has 1 amide bonds. The SMILES string of the molecule is CCC/C=C\C/C=C\CCCCCCCC(=O)OCCCCCCCC/C=C\CCCCCC(=O)NC(CO)C(O)/C=C/CCCCCCCCCCCCCCCCCCCCCC. The zero-order valence-electron chi connectivity index (χ0n) is 43.2. The van der Waals surface area contributed by atoms with E-state index >= 15 is 0 Å². The van der Waals surface area contributed by atoms with Crippen LogP contribution in [0.5, 0.6) is 0 Å². The zero-order chi connectivity index (χ0) is 47.2. The number of amides is 1. The number of hydrogen-bond donors (Lipinski definition) is 3. The van der Waals surface area contributed by atoms with Crippen molar-refractivity contribution in [1.29, 1.82) is 0 Å². The molecule has 0 aliphatic rings. The Kier molecular flexibility index (Phi) is 52.6. The Morgan fingerprint density at radius 1 is 0.431 bits per heavy atom. The van der Waals surface area contributed by atoms with Crippen molar-refractivity contribution < 1.29 is 24.5 Å². The van der Waals surface area contributed by atoms with Gasteiger partial charge in [0.05, 0.1) is 25.4 Å². The van der Waals surface area contributed by atoms with E-state index in [4.69, 9.17) is 4.74 Å². The molecular weight excluding hydrogens is 803 g/mol. The van der Waals surface area contributed by atoms with Crippen molar-refractivity contribution in [3.8, 4) is 0 Å². The molecule has 380 valence electrons. The summed E-state index contributed by atoms with van der Waals surface area (Å²) >= 11 is 0. The van der Waals surface area contributed by atoms with Crippen LogP contribution in [0.15, 0.2) is 48.6 Å². The predicted octanol–water partition coefficient (Wildman–Crippen LogP) is 17.4. The maximum Gasteiger partial charge on any atom is 0.305 e. The van der Waals surface area contributed by atoms with Crippen molar-refractivity contribution >= 4 is 11.9 Å². The second kappa shape index (κ2) is 54.4. The molecule has 6 nitrogen and oxygen atoms in total. The van der Waals surface area contributed by atoms with Gasteiger partial charge in [0, 0.05) is 12.8 Å². The van der Waals surface area contributed by atoms with Crippen molar-refractivity contribution in [2.75, 3.05) is 13.2 Å². The molecule has 0 aromatic rings. The van der Waals surface area contributed by atoms with Gasteiger partial charge in [0.2, 0.25) is 5.91 Å². The largest absolute Gasteiger partial charge is 0.466 e. The molecule has 0 bridgehead atoms. The maximum atomic E-state index is 12.5. The average molecular weight is 913 g/mol. The standard InChI is InChI=1S/C59H109NO5/c1-3-5-7-9-11-13-15-17-18-19-20-21-22-23-24-25-28-31-35-39-43-47-51-57(62)56(55-61)60-58(63)52-48-44-40-36-32-29-26-30-34-38-42-46-50-54-65-59(64)53-49-45-41-37-33-27-16-14-12-10-8-6-4-2/h8,10,14,16,29,32,47,51,56-57,61-62H,3-7,9,11-13,15,17-28,30-31,33-46,48-50,52-55H2,1-2H3,(H,60,63)/b10-8-,16-14-,32-29-,51-47+. The first kappa shape index (κ1) is 62.8. The number of hydrogen-bond acceptors (Lipinski definition) is 5. The molecule has 0 heterocycles. The number of carbonyl (C=O) groups is 2. The summed E-state index contributed by atoms with van der Waals surface area (Å²) in [5, 5.41) is 23.1. The molecule has 0 aliphatic heterocycles. The van der Waals surface area contributed by atoms with Gasteiger partial charge in [0.25, 0.3) is 0 Å². The van der Waals surface area contributed by atoms with Gasteiger partial charge in [-0.3, -0.25) is 9.59 Å². The fourth-order valence-corrected chi connectivity index (χ4v) is 8.43. The van der Waals surface area contributed by atoms with E-state index in [0.29, 0.717) is 19.4 Å². The van der Waals surface area contributed by atoms with Crippen molar-refractivity contribution in [2.24, 2.45) is 0 Å². The van der Waals surface area contributed by atoms with Crippen LogP contribution in [0.3, 0.4) is 0 Å². The van der Waals surface area contributed by atoms with Crippen LogP contribution in [0.2, 0.25) is 0 Å². The van der Waals surface area contributed by atoms with Gasteiger partial charge in [0.15, 0.2) is 0 Å². The van der Waals surface area contributed by atoms with Crippen molar-refractivity contribution in [2.45, 2.75) is 302 Å². The lowest BCUT2D eigenvalue weighted by Gasteiger charge is -2.19. The van der Waals surface area contributed by atoms with Gasteiger partial charge in [-0.1, -0.05) is 242 Å². The number of rotatable bonds is 52. The minimum Gasteiger partial charge on any atom is -0.466 e. The minimum atomic E-state index is -0.864. The number of ether oxygens (including phenoxy) is 1. The van der Waals surface area contributed by atoms with Crippen LogP contribution in [0.4, 0.5) is 0 Å². The molecule has 65 heavy (non-hydrogen) atoms. The maximum absolute atomic E-state index is 12.5. The first-order valence-electron chi connectivity index (χ1n) is 28.4. The summed E-state index contributed by atoms with van der Waals surface area (Å²) in [5.41, 5.74) is 0. The highest BCUT2D eigenvalue weighted by molar-refractivity contribution is 5.76. The molecule has 6 heteroatoms. The smallest absolute Gasteiger partial charge is 0.305 e. The molecule has 2 unspecified atom stereocenters. The summed E-state index contributed by atoms with van der Waals surface area (Å²) in [6, 6.07) is -0.651. The molecule has 0 aliphatic carbocycles. The number of aliphatic hydroxyl groups is 2. The molecule has 0 spiro atoms. The molecule has 2 atom stereocenters. The van der Waals surface area contributed by atoms with E-state index in [-0.39, 0.29) is 18.5 Å². The topological polar surface area (TPSA) is 95.9 Å². The van der Waals surface area contributed by atoms with E-state index in [9.17, 15) is 19.8 Å². The van der Waals surface area contributed by atoms with Gasteiger partial charge in [0.1, 0.15) is 0 Å². The number of aliphatic hydroxyl groups excluding tert-OH is 2. The van der Waals surface area contributed by atoms with Crippen LogP contribution < -0.4 is 5.32 Å². The predicted molar refractivity (Wildman–Crippen MR) is 282 cm³/mol. The number of nitrogens with one attached hydrogen (secondary N) is 1. The Hall–Kier alpha value is -2.18. The second-order valence-electron chi connectivity index (χ2n) is 19.3. The first-order valence-corrected chi connectivity index (χ1v) is 28.4. The number of carbonyl (C=O) groups excluding carboxylic acids is 2. The monoisotopic (exact) mass is 912 g/mol. The molecular formula is C59H109NO5. The Morgan fingerprint density at radius 2 is 0.800 bits per heavy atom. The molecule has 0 rings (SSSR count). The average Bonchev–Trinajstić information content (AvgIpc) is 3.31. The highest BCUT2D eigenvalue weighted by Gasteiger charge is 2.18. The number of allylic oxidation sites excluding steroid dienone is 7. The molecule has 0 fully saturated rings. The molecule has 0 aromatic heterocycles. The van der Waals surface area contributed by atoms with Crippen molar-refractivity contribution in [3.63, 3.8) is 0 Å². The van der Waals surface area contributed by atoms with E-state index in [1.54, 1.807) is 6.08 Å². The fraction of sp³-hybridized carbons (Fsp3) is 0.831. The van der Waals surface area contributed by atoms with Crippen LogP contribution in [0, 0.1) is 0 Å². The van der Waals surface area contributed by atoms with Gasteiger partial charge in [-0.05, 0) is 83.5 Å². The molecule has 0 saturated heterocycles. The first-order chi connectivity index (χ1) is 32.0. The van der Waals surface area contributed by atoms with E-state index in [2.05, 4.69) is 55.6 Å². The molecule has 0 aromatic carbocycles. The number of esters is 1. The summed E-state index contributed by atoms with van der Waals surface area (Å²) in [6.45, 7) is 4.79. The van der Waals surface area contributed by atoms with Gasteiger partial charge in [-0.25, -0.2) is 0 Å². The van der Waals surface area contributed by atoms with E-state index in [1.165, 1.54) is 180 Å². The lowest BCUT2D eigenvalue weighted by Crippen LogP contribution is -2.45. The molecule has 0 saturated carbocycles. The van der Waals surface area contributed by atoms with Crippen LogP contribution in [-0.2, 0) is 14.3 Å². The Labute approximate surface area is 404 Å². The van der Waals surface area contributed by atoms with Crippen molar-refractivity contribution in [1.82, 2.24) is 5.32 Å². The third kappa shape index (κ3) is 51.1. The highest BCUT2D eigenvalue weighted by atomic mass is 16.5. The third-order valence-corrected chi connectivity index (χ3v) is 12.8. The Bertz CT molecular complexity index is 1100. The Balaban J connectivity index is 3.54. The Morgan fingerprint density at radius 3 is 1.26 bits per heavy atom. The van der Waals surface area contributed by atoms with Gasteiger partial charge < -0.3 is 20.3 Å². The van der Waals surface area contributed by atoms with Crippen LogP contribution in [0.1, 0.15) is 290 Å². The highest BCUT2D eigenvalue weighted by Crippen LogP contribution is 2.16. The summed E-state index contributed by atoms with van der Waals surface area (Å²) in [5.74, 6) is -0.127. The van der Waals surface area contributed by atoms with Gasteiger partial charge >= 0.3 is 5.97 Å². The van der Waals surface area contributed by atoms with Gasteiger partial charge in [-0.15, -0.1) is 0 Å². The van der Waals surface area contributed by atoms with Crippen LogP contribution in [-0.4, -0.2) is 47.4 Å². The zero-order valence-corrected chi connectivity index (χ0v) is 43.2. The molecule has 3 N–H and O–H groups in total. The summed E-state index contributed by atoms with van der Waals surface area (Å²) in [7, 11) is 0. The summed E-state index contributed by atoms with van der Waals surface area (Å²) in [4.78, 5) is 24.5. The van der Waals surface area contributed by atoms with E-state index in [0.717, 1.165) is 83.5 Å². The molecule has 0 radical (unpaired) electrons. The lowest BCUT2D eigenvalue weighted by molar-refractivity contribution is -0.143.